The third kappa shape index (κ3) is 3.13. The summed E-state index contributed by atoms with van der Waals surface area (Å²) in [5.74, 6) is -1.59. The van der Waals surface area contributed by atoms with E-state index in [0.29, 0.717) is 22.8 Å². The molecule has 7 heteroatoms. The molecule has 2 heterocycles. The van der Waals surface area contributed by atoms with Crippen LogP contribution in [0, 0.1) is 17.5 Å². The first-order valence-corrected chi connectivity index (χ1v) is 9.40. The average molecular weight is 415 g/mol. The smallest absolute Gasteiger partial charge is 0.213 e. The summed E-state index contributed by atoms with van der Waals surface area (Å²) in [6.45, 7) is 0. The molecule has 2 unspecified atom stereocenters. The Bertz CT molecular complexity index is 1130. The van der Waals surface area contributed by atoms with Gasteiger partial charge in [0.05, 0.1) is 11.8 Å². The van der Waals surface area contributed by atoms with E-state index >= 15 is 0 Å². The van der Waals surface area contributed by atoms with Gasteiger partial charge in [0, 0.05) is 22.6 Å². The quantitative estimate of drug-likeness (QED) is 0.513. The van der Waals surface area contributed by atoms with Crippen molar-refractivity contribution in [2.45, 2.75) is 18.7 Å². The first-order chi connectivity index (χ1) is 14.0. The lowest BCUT2D eigenvalue weighted by atomic mass is 9.96. The van der Waals surface area contributed by atoms with Crippen LogP contribution in [0.5, 0.6) is 5.75 Å². The Hall–Kier alpha value is -2.99. The summed E-state index contributed by atoms with van der Waals surface area (Å²) < 4.78 is 46.7. The molecule has 0 aliphatic carbocycles. The highest BCUT2D eigenvalue weighted by Crippen LogP contribution is 2.48. The van der Waals surface area contributed by atoms with E-state index < -0.39 is 17.9 Å². The van der Waals surface area contributed by atoms with Crippen molar-refractivity contribution in [1.82, 2.24) is 5.01 Å². The van der Waals surface area contributed by atoms with E-state index in [-0.39, 0.29) is 11.9 Å². The fraction of sp³-hybridized carbons (Fsp3) is 0.136. The fourth-order valence-corrected chi connectivity index (χ4v) is 3.94. The van der Waals surface area contributed by atoms with Gasteiger partial charge in [0.1, 0.15) is 11.6 Å². The number of rotatable bonds is 2. The minimum Gasteiger partial charge on any atom is -0.464 e. The van der Waals surface area contributed by atoms with Crippen LogP contribution >= 0.6 is 11.6 Å². The van der Waals surface area contributed by atoms with Crippen molar-refractivity contribution in [3.8, 4) is 5.75 Å². The SMILES string of the molecule is Fc1ccc(C2=NN3C(C2)c2cc(Cl)ccc2OC3c2ccc(F)c(F)c2)cc1. The molecule has 2 atom stereocenters. The monoisotopic (exact) mass is 414 g/mol. The molecule has 0 saturated carbocycles. The summed E-state index contributed by atoms with van der Waals surface area (Å²) in [4.78, 5) is 0. The predicted molar refractivity (Wildman–Crippen MR) is 103 cm³/mol. The van der Waals surface area contributed by atoms with E-state index in [0.717, 1.165) is 29.0 Å². The molecule has 0 amide bonds. The minimum absolute atomic E-state index is 0.199. The average Bonchev–Trinajstić information content (AvgIpc) is 3.16. The van der Waals surface area contributed by atoms with Crippen LogP contribution in [0.4, 0.5) is 13.2 Å². The first kappa shape index (κ1) is 18.1. The highest BCUT2D eigenvalue weighted by atomic mass is 35.5. The lowest BCUT2D eigenvalue weighted by Gasteiger charge is -2.38. The topological polar surface area (TPSA) is 24.8 Å². The van der Waals surface area contributed by atoms with Gasteiger partial charge >= 0.3 is 0 Å². The maximum Gasteiger partial charge on any atom is 0.213 e. The summed E-state index contributed by atoms with van der Waals surface area (Å²) in [6.07, 6.45) is -0.190. The van der Waals surface area contributed by atoms with Crippen LogP contribution < -0.4 is 4.74 Å². The van der Waals surface area contributed by atoms with Crippen molar-refractivity contribution in [2.75, 3.05) is 0 Å². The standard InChI is InChI=1S/C22H14ClF3N2O/c23-14-4-8-21-16(10-14)20-11-19(12-1-5-15(24)6-2-12)27-28(20)22(29-21)13-3-7-17(25)18(26)9-13/h1-10,20,22H,11H2. The fourth-order valence-electron chi connectivity index (χ4n) is 3.76. The Kier molecular flexibility index (Phi) is 4.24. The normalized spacial score (nSPS) is 20.0. The van der Waals surface area contributed by atoms with Gasteiger partial charge in [0.25, 0.3) is 0 Å². The molecule has 29 heavy (non-hydrogen) atoms. The van der Waals surface area contributed by atoms with Gasteiger partial charge in [-0.25, -0.2) is 18.2 Å². The molecule has 0 radical (unpaired) electrons. The van der Waals surface area contributed by atoms with Crippen molar-refractivity contribution < 1.29 is 17.9 Å². The zero-order valence-corrected chi connectivity index (χ0v) is 15.7. The summed E-state index contributed by atoms with van der Waals surface area (Å²) in [5, 5.41) is 6.98. The number of benzene rings is 3. The summed E-state index contributed by atoms with van der Waals surface area (Å²) in [5.41, 5.74) is 2.84. The van der Waals surface area contributed by atoms with Gasteiger partial charge in [0.2, 0.25) is 6.23 Å². The van der Waals surface area contributed by atoms with Crippen LogP contribution in [-0.4, -0.2) is 10.7 Å². The van der Waals surface area contributed by atoms with Gasteiger partial charge in [-0.05, 0) is 48.0 Å². The molecule has 0 saturated heterocycles. The number of ether oxygens (including phenoxy) is 1. The van der Waals surface area contributed by atoms with Crippen molar-refractivity contribution in [2.24, 2.45) is 5.10 Å². The second kappa shape index (κ2) is 6.81. The number of halogens is 4. The van der Waals surface area contributed by atoms with Gasteiger partial charge in [0.15, 0.2) is 11.6 Å². The van der Waals surface area contributed by atoms with Gasteiger partial charge < -0.3 is 4.74 Å². The van der Waals surface area contributed by atoms with Crippen LogP contribution in [-0.2, 0) is 0 Å². The molecule has 5 rings (SSSR count). The first-order valence-electron chi connectivity index (χ1n) is 9.02. The molecule has 2 aliphatic heterocycles. The second-order valence-electron chi connectivity index (χ2n) is 6.98. The van der Waals surface area contributed by atoms with E-state index in [9.17, 15) is 13.2 Å². The van der Waals surface area contributed by atoms with Crippen LogP contribution in [0.1, 0.15) is 35.4 Å². The van der Waals surface area contributed by atoms with E-state index in [1.807, 2.05) is 6.07 Å². The lowest BCUT2D eigenvalue weighted by Crippen LogP contribution is -2.33. The molecule has 0 fully saturated rings. The molecule has 3 nitrogen and oxygen atoms in total. The maximum atomic E-state index is 13.9. The van der Waals surface area contributed by atoms with Crippen LogP contribution in [0.15, 0.2) is 65.8 Å². The number of fused-ring (bicyclic) bond motifs is 3. The molecule has 3 aromatic carbocycles. The molecular weight excluding hydrogens is 401 g/mol. The van der Waals surface area contributed by atoms with Gasteiger partial charge in [-0.2, -0.15) is 5.10 Å². The number of hydrazone groups is 1. The Labute approximate surface area is 170 Å². The zero-order chi connectivity index (χ0) is 20.1. The van der Waals surface area contributed by atoms with Crippen molar-refractivity contribution in [3.05, 3.63) is 99.8 Å². The molecule has 146 valence electrons. The number of hydrogen-bond donors (Lipinski definition) is 0. The van der Waals surface area contributed by atoms with E-state index in [1.54, 1.807) is 29.3 Å². The Morgan fingerprint density at radius 3 is 2.48 bits per heavy atom. The zero-order valence-electron chi connectivity index (χ0n) is 14.9. The van der Waals surface area contributed by atoms with Crippen molar-refractivity contribution in [1.29, 1.82) is 0 Å². The van der Waals surface area contributed by atoms with E-state index in [4.69, 9.17) is 21.4 Å². The van der Waals surface area contributed by atoms with Crippen molar-refractivity contribution >= 4 is 17.3 Å². The van der Waals surface area contributed by atoms with Crippen LogP contribution in [0.3, 0.4) is 0 Å². The molecular formula is C22H14ClF3N2O. The third-order valence-electron chi connectivity index (χ3n) is 5.16. The van der Waals surface area contributed by atoms with Gasteiger partial charge in [-0.3, -0.25) is 0 Å². The summed E-state index contributed by atoms with van der Waals surface area (Å²) in [7, 11) is 0. The second-order valence-corrected chi connectivity index (χ2v) is 7.42. The summed E-state index contributed by atoms with van der Waals surface area (Å²) >= 11 is 6.19. The van der Waals surface area contributed by atoms with E-state index in [1.165, 1.54) is 18.2 Å². The highest BCUT2D eigenvalue weighted by molar-refractivity contribution is 6.30. The lowest BCUT2D eigenvalue weighted by molar-refractivity contribution is -0.0192. The summed E-state index contributed by atoms with van der Waals surface area (Å²) in [6, 6.07) is 14.9. The number of nitrogens with zero attached hydrogens (tertiary/aromatic N) is 2. The number of hydrogen-bond acceptors (Lipinski definition) is 3. The highest BCUT2D eigenvalue weighted by Gasteiger charge is 2.41. The largest absolute Gasteiger partial charge is 0.464 e. The molecule has 0 aromatic heterocycles. The van der Waals surface area contributed by atoms with Gasteiger partial charge in [-0.15, -0.1) is 0 Å². The van der Waals surface area contributed by atoms with Crippen molar-refractivity contribution in [3.63, 3.8) is 0 Å². The molecule has 3 aromatic rings. The molecule has 2 aliphatic rings. The van der Waals surface area contributed by atoms with E-state index in [2.05, 4.69) is 0 Å². The Morgan fingerprint density at radius 2 is 1.72 bits per heavy atom. The third-order valence-corrected chi connectivity index (χ3v) is 5.39. The van der Waals surface area contributed by atoms with Crippen LogP contribution in [0.25, 0.3) is 0 Å². The predicted octanol–water partition coefficient (Wildman–Crippen LogP) is 6.00. The maximum absolute atomic E-state index is 13.9. The molecule has 0 N–H and O–H groups in total. The molecule has 0 spiro atoms. The Morgan fingerprint density at radius 1 is 0.931 bits per heavy atom. The Balaban J connectivity index is 1.61. The van der Waals surface area contributed by atoms with Crippen LogP contribution in [0.2, 0.25) is 5.02 Å². The molecule has 0 bridgehead atoms. The minimum atomic E-state index is -0.952. The van der Waals surface area contributed by atoms with Gasteiger partial charge in [-0.1, -0.05) is 29.8 Å².